The second-order valence-electron chi connectivity index (χ2n) is 5.44. The molecule has 2 rings (SSSR count). The number of rotatable bonds is 4. The van der Waals surface area contributed by atoms with Gasteiger partial charge in [-0.2, -0.15) is 0 Å². The Balaban J connectivity index is 1.77. The van der Waals surface area contributed by atoms with E-state index in [1.54, 1.807) is 0 Å². The summed E-state index contributed by atoms with van der Waals surface area (Å²) in [4.78, 5) is 0. The minimum absolute atomic E-state index is 0.340. The molecule has 0 amide bonds. The van der Waals surface area contributed by atoms with Gasteiger partial charge in [0.15, 0.2) is 0 Å². The second-order valence-corrected chi connectivity index (χ2v) is 5.44. The Hall–Kier alpha value is -0.760. The topological polar surface area (TPSA) is 25.2 Å². The van der Waals surface area contributed by atoms with Crippen LogP contribution >= 0.6 is 0 Å². The Bertz CT molecular complexity index is 323. The van der Waals surface area contributed by atoms with E-state index in [9.17, 15) is 0 Å². The highest BCUT2D eigenvalue weighted by Gasteiger charge is 2.14. The van der Waals surface area contributed by atoms with Crippen LogP contribution in [0, 0.1) is 12.8 Å². The van der Waals surface area contributed by atoms with Gasteiger partial charge in [0.25, 0.3) is 0 Å². The molecule has 0 aromatic carbocycles. The summed E-state index contributed by atoms with van der Waals surface area (Å²) in [6, 6.07) is 4.46. The highest BCUT2D eigenvalue weighted by molar-refractivity contribution is 5.08. The van der Waals surface area contributed by atoms with Gasteiger partial charge in [0.1, 0.15) is 11.5 Å². The van der Waals surface area contributed by atoms with E-state index in [0.29, 0.717) is 6.04 Å². The zero-order valence-corrected chi connectivity index (χ0v) is 11.2. The third-order valence-electron chi connectivity index (χ3n) is 3.88. The molecule has 0 radical (unpaired) electrons. The van der Waals surface area contributed by atoms with Gasteiger partial charge in [-0.15, -0.1) is 0 Å². The maximum atomic E-state index is 5.65. The molecule has 1 heterocycles. The van der Waals surface area contributed by atoms with Crippen LogP contribution in [0.1, 0.15) is 63.0 Å². The second kappa shape index (κ2) is 6.25. The average Bonchev–Trinajstić information content (AvgIpc) is 2.61. The first-order chi connectivity index (χ1) is 8.25. The third-order valence-corrected chi connectivity index (χ3v) is 3.88. The normalized spacial score (nSPS) is 20.1. The van der Waals surface area contributed by atoms with E-state index in [2.05, 4.69) is 18.3 Å². The van der Waals surface area contributed by atoms with Crippen LogP contribution in [0.15, 0.2) is 16.5 Å². The first-order valence-electron chi connectivity index (χ1n) is 7.05. The van der Waals surface area contributed by atoms with E-state index in [-0.39, 0.29) is 0 Å². The van der Waals surface area contributed by atoms with Crippen molar-refractivity contribution in [1.82, 2.24) is 5.32 Å². The fraction of sp³-hybridized carbons (Fsp3) is 0.733. The van der Waals surface area contributed by atoms with Gasteiger partial charge in [0.05, 0.1) is 6.04 Å². The Morgan fingerprint density at radius 3 is 2.53 bits per heavy atom. The van der Waals surface area contributed by atoms with E-state index in [4.69, 9.17) is 4.42 Å². The number of hydrogen-bond acceptors (Lipinski definition) is 2. The number of nitrogens with one attached hydrogen (secondary N) is 1. The Labute approximate surface area is 105 Å². The van der Waals surface area contributed by atoms with Gasteiger partial charge in [-0.25, -0.2) is 0 Å². The van der Waals surface area contributed by atoms with Gasteiger partial charge in [0.2, 0.25) is 0 Å². The van der Waals surface area contributed by atoms with Crippen molar-refractivity contribution in [3.05, 3.63) is 23.7 Å². The fourth-order valence-electron chi connectivity index (χ4n) is 2.70. The highest BCUT2D eigenvalue weighted by atomic mass is 16.3. The summed E-state index contributed by atoms with van der Waals surface area (Å²) in [5.41, 5.74) is 0. The molecule has 1 unspecified atom stereocenters. The van der Waals surface area contributed by atoms with Crippen LogP contribution in [-0.4, -0.2) is 6.54 Å². The van der Waals surface area contributed by atoms with Crippen molar-refractivity contribution in [3.63, 3.8) is 0 Å². The van der Waals surface area contributed by atoms with Gasteiger partial charge >= 0.3 is 0 Å². The third kappa shape index (κ3) is 3.88. The Morgan fingerprint density at radius 2 is 1.94 bits per heavy atom. The van der Waals surface area contributed by atoms with Crippen LogP contribution in [-0.2, 0) is 0 Å². The molecule has 0 spiro atoms. The lowest BCUT2D eigenvalue weighted by Crippen LogP contribution is -2.25. The van der Waals surface area contributed by atoms with E-state index in [1.807, 2.05) is 13.0 Å². The predicted octanol–water partition coefficient (Wildman–Crippen LogP) is 4.21. The summed E-state index contributed by atoms with van der Waals surface area (Å²) in [5, 5.41) is 3.62. The van der Waals surface area contributed by atoms with Crippen LogP contribution in [0.3, 0.4) is 0 Å². The van der Waals surface area contributed by atoms with Crippen LogP contribution < -0.4 is 5.32 Å². The minimum atomic E-state index is 0.340. The molecule has 0 bridgehead atoms. The summed E-state index contributed by atoms with van der Waals surface area (Å²) in [6.45, 7) is 5.33. The first-order valence-corrected chi connectivity index (χ1v) is 7.05. The van der Waals surface area contributed by atoms with Crippen LogP contribution in [0.25, 0.3) is 0 Å². The molecule has 0 aliphatic heterocycles. The molecule has 1 aromatic heterocycles. The lowest BCUT2D eigenvalue weighted by molar-refractivity contribution is 0.367. The minimum Gasteiger partial charge on any atom is -0.465 e. The molecule has 0 saturated heterocycles. The number of hydrogen-bond donors (Lipinski definition) is 1. The van der Waals surface area contributed by atoms with Gasteiger partial charge in [0, 0.05) is 0 Å². The molecule has 1 aromatic rings. The van der Waals surface area contributed by atoms with Crippen molar-refractivity contribution in [2.75, 3.05) is 6.54 Å². The largest absolute Gasteiger partial charge is 0.465 e. The summed E-state index contributed by atoms with van der Waals surface area (Å²) in [7, 11) is 0. The van der Waals surface area contributed by atoms with E-state index < -0.39 is 0 Å². The van der Waals surface area contributed by atoms with E-state index in [1.165, 1.54) is 38.5 Å². The van der Waals surface area contributed by atoms with Gasteiger partial charge < -0.3 is 9.73 Å². The zero-order valence-electron chi connectivity index (χ0n) is 11.2. The highest BCUT2D eigenvalue weighted by Crippen LogP contribution is 2.23. The van der Waals surface area contributed by atoms with Crippen molar-refractivity contribution >= 4 is 0 Å². The van der Waals surface area contributed by atoms with Gasteiger partial charge in [-0.3, -0.25) is 0 Å². The maximum absolute atomic E-state index is 5.65. The molecule has 2 heteroatoms. The molecule has 1 atom stereocenters. The summed E-state index contributed by atoms with van der Waals surface area (Å²) >= 11 is 0. The molecule has 96 valence electrons. The van der Waals surface area contributed by atoms with E-state index >= 15 is 0 Å². The molecule has 1 aliphatic carbocycles. The zero-order chi connectivity index (χ0) is 12.1. The van der Waals surface area contributed by atoms with Crippen LogP contribution in [0.5, 0.6) is 0 Å². The predicted molar refractivity (Wildman–Crippen MR) is 71.1 cm³/mol. The molecule has 1 saturated carbocycles. The van der Waals surface area contributed by atoms with Crippen molar-refractivity contribution in [2.45, 2.75) is 58.4 Å². The molecule has 17 heavy (non-hydrogen) atoms. The van der Waals surface area contributed by atoms with Crippen molar-refractivity contribution < 1.29 is 4.42 Å². The smallest absolute Gasteiger partial charge is 0.120 e. The summed E-state index contributed by atoms with van der Waals surface area (Å²) < 4.78 is 5.65. The van der Waals surface area contributed by atoms with E-state index in [0.717, 1.165) is 24.0 Å². The maximum Gasteiger partial charge on any atom is 0.120 e. The molecule has 1 aliphatic rings. The Kier molecular flexibility index (Phi) is 4.66. The molecule has 1 N–H and O–H groups in total. The number of aryl methyl sites for hydroxylation is 1. The fourth-order valence-corrected chi connectivity index (χ4v) is 2.70. The first kappa shape index (κ1) is 12.7. The summed E-state index contributed by atoms with van der Waals surface area (Å²) in [6.07, 6.45) is 8.50. The molecular weight excluding hydrogens is 210 g/mol. The van der Waals surface area contributed by atoms with Gasteiger partial charge in [-0.1, -0.05) is 25.7 Å². The van der Waals surface area contributed by atoms with Crippen molar-refractivity contribution in [1.29, 1.82) is 0 Å². The molecular formula is C15H25NO. The quantitative estimate of drug-likeness (QED) is 0.791. The molecule has 1 fully saturated rings. The van der Waals surface area contributed by atoms with Crippen LogP contribution in [0.2, 0.25) is 0 Å². The summed E-state index contributed by atoms with van der Waals surface area (Å²) in [5.74, 6) is 2.94. The van der Waals surface area contributed by atoms with Crippen LogP contribution in [0.4, 0.5) is 0 Å². The standard InChI is InChI=1S/C15H25NO/c1-12-9-10-15(17-12)13(2)16-11-14-7-5-3-4-6-8-14/h9-10,13-14,16H,3-8,11H2,1-2H3. The lowest BCUT2D eigenvalue weighted by Gasteiger charge is -2.18. The monoisotopic (exact) mass is 235 g/mol. The van der Waals surface area contributed by atoms with Crippen molar-refractivity contribution in [2.24, 2.45) is 5.92 Å². The lowest BCUT2D eigenvalue weighted by atomic mass is 10.00. The Morgan fingerprint density at radius 1 is 1.24 bits per heavy atom. The van der Waals surface area contributed by atoms with Gasteiger partial charge in [-0.05, 0) is 51.3 Å². The average molecular weight is 235 g/mol. The SMILES string of the molecule is Cc1ccc(C(C)NCC2CCCCCC2)o1. The number of furan rings is 1. The molecule has 2 nitrogen and oxygen atoms in total. The van der Waals surface area contributed by atoms with Crippen molar-refractivity contribution in [3.8, 4) is 0 Å².